The minimum Gasteiger partial charge on any atom is -0.410 e. The normalized spacial score (nSPS) is 12.3. The third-order valence-electron chi connectivity index (χ3n) is 2.22. The van der Waals surface area contributed by atoms with Gasteiger partial charge in [-0.05, 0) is 18.6 Å². The predicted octanol–water partition coefficient (Wildman–Crippen LogP) is 2.85. The van der Waals surface area contributed by atoms with Crippen LogP contribution in [0.15, 0.2) is 29.6 Å². The van der Waals surface area contributed by atoms with Gasteiger partial charge in [-0.3, -0.25) is 0 Å². The van der Waals surface area contributed by atoms with Gasteiger partial charge >= 0.3 is 0 Å². The van der Waals surface area contributed by atoms with Crippen molar-refractivity contribution < 1.29 is 5.21 Å². The number of aromatic nitrogens is 1. The molecule has 0 bridgehead atoms. The van der Waals surface area contributed by atoms with Crippen LogP contribution in [0.1, 0.15) is 11.1 Å². The molecule has 14 heavy (non-hydrogen) atoms. The number of hydrogen-bond donors (Lipinski definition) is 2. The Balaban J connectivity index is 2.80. The zero-order valence-electron chi connectivity index (χ0n) is 7.58. The molecule has 72 valence electrons. The molecule has 0 fully saturated rings. The van der Waals surface area contributed by atoms with Crippen LogP contribution in [0.5, 0.6) is 0 Å². The molecule has 0 spiro atoms. The van der Waals surface area contributed by atoms with Crippen LogP contribution >= 0.6 is 11.6 Å². The van der Waals surface area contributed by atoms with E-state index in [0.29, 0.717) is 0 Å². The van der Waals surface area contributed by atoms with Gasteiger partial charge in [-0.2, -0.15) is 0 Å². The van der Waals surface area contributed by atoms with Gasteiger partial charge in [-0.1, -0.05) is 28.9 Å². The maximum absolute atomic E-state index is 8.60. The van der Waals surface area contributed by atoms with Gasteiger partial charge in [0.2, 0.25) is 0 Å². The fourth-order valence-electron chi connectivity index (χ4n) is 1.58. The topological polar surface area (TPSA) is 48.4 Å². The number of benzene rings is 1. The molecule has 0 radical (unpaired) electrons. The highest BCUT2D eigenvalue weighted by atomic mass is 35.5. The van der Waals surface area contributed by atoms with Crippen molar-refractivity contribution in [3.8, 4) is 0 Å². The van der Waals surface area contributed by atoms with Gasteiger partial charge in [0.25, 0.3) is 0 Å². The average Bonchev–Trinajstić information content (AvgIpc) is 2.62. The first-order chi connectivity index (χ1) is 6.74. The van der Waals surface area contributed by atoms with Gasteiger partial charge in [0.1, 0.15) is 0 Å². The van der Waals surface area contributed by atoms with Crippen molar-refractivity contribution in [2.45, 2.75) is 6.92 Å². The van der Waals surface area contributed by atoms with E-state index in [1.165, 1.54) is 0 Å². The fourth-order valence-corrected chi connectivity index (χ4v) is 1.73. The van der Waals surface area contributed by atoms with Crippen LogP contribution < -0.4 is 0 Å². The Bertz CT molecular complexity index is 502. The van der Waals surface area contributed by atoms with Crippen molar-refractivity contribution in [2.75, 3.05) is 0 Å². The maximum atomic E-state index is 8.60. The second-order valence-electron chi connectivity index (χ2n) is 3.09. The van der Waals surface area contributed by atoms with Crippen LogP contribution in [-0.2, 0) is 0 Å². The van der Waals surface area contributed by atoms with Crippen molar-refractivity contribution in [1.82, 2.24) is 4.98 Å². The molecule has 2 N–H and O–H groups in total. The number of nitrogens with zero attached hydrogens (tertiary/aromatic N) is 1. The number of halogens is 1. The van der Waals surface area contributed by atoms with Gasteiger partial charge in [0.05, 0.1) is 0 Å². The van der Waals surface area contributed by atoms with Gasteiger partial charge in [-0.15, -0.1) is 0 Å². The molecule has 1 aromatic heterocycles. The van der Waals surface area contributed by atoms with Gasteiger partial charge < -0.3 is 10.2 Å². The van der Waals surface area contributed by atoms with E-state index in [-0.39, 0.29) is 5.17 Å². The van der Waals surface area contributed by atoms with E-state index in [9.17, 15) is 0 Å². The number of aryl methyl sites for hydroxylation is 1. The van der Waals surface area contributed by atoms with Crippen molar-refractivity contribution in [3.05, 3.63) is 35.5 Å². The number of aromatic amines is 1. The number of hydrogen-bond acceptors (Lipinski definition) is 2. The molecule has 1 aromatic carbocycles. The Kier molecular flexibility index (Phi) is 2.17. The van der Waals surface area contributed by atoms with Crippen molar-refractivity contribution in [1.29, 1.82) is 0 Å². The second kappa shape index (κ2) is 3.35. The van der Waals surface area contributed by atoms with E-state index in [1.54, 1.807) is 6.20 Å². The van der Waals surface area contributed by atoms with Crippen molar-refractivity contribution in [3.63, 3.8) is 0 Å². The molecule has 0 atom stereocenters. The molecule has 0 aliphatic carbocycles. The summed E-state index contributed by atoms with van der Waals surface area (Å²) in [5.74, 6) is 0. The minimum absolute atomic E-state index is 0.102. The predicted molar refractivity (Wildman–Crippen MR) is 57.2 cm³/mol. The summed E-state index contributed by atoms with van der Waals surface area (Å²) >= 11 is 5.76. The van der Waals surface area contributed by atoms with E-state index in [2.05, 4.69) is 10.1 Å². The highest BCUT2D eigenvalue weighted by Gasteiger charge is 2.09. The molecule has 4 heteroatoms. The number of fused-ring (bicyclic) bond motifs is 1. The Morgan fingerprint density at radius 1 is 1.50 bits per heavy atom. The quantitative estimate of drug-likeness (QED) is 0.423. The highest BCUT2D eigenvalue weighted by Crippen LogP contribution is 2.23. The summed E-state index contributed by atoms with van der Waals surface area (Å²) in [6.07, 6.45) is 1.74. The average molecular weight is 209 g/mol. The smallest absolute Gasteiger partial charge is 0.177 e. The van der Waals surface area contributed by atoms with Crippen LogP contribution in [0.4, 0.5) is 0 Å². The Hall–Kier alpha value is -1.48. The Morgan fingerprint density at radius 3 is 3.00 bits per heavy atom. The van der Waals surface area contributed by atoms with E-state index in [4.69, 9.17) is 16.8 Å². The summed E-state index contributed by atoms with van der Waals surface area (Å²) in [6.45, 7) is 1.99. The third-order valence-corrected chi connectivity index (χ3v) is 2.50. The lowest BCUT2D eigenvalue weighted by molar-refractivity contribution is 0.321. The monoisotopic (exact) mass is 208 g/mol. The Labute approximate surface area is 86.0 Å². The van der Waals surface area contributed by atoms with Gasteiger partial charge in [-0.25, -0.2) is 0 Å². The van der Waals surface area contributed by atoms with Crippen LogP contribution in [0.3, 0.4) is 0 Å². The number of H-pyrrole nitrogens is 1. The van der Waals surface area contributed by atoms with Gasteiger partial charge in [0.15, 0.2) is 5.17 Å². The van der Waals surface area contributed by atoms with E-state index < -0.39 is 0 Å². The first-order valence-corrected chi connectivity index (χ1v) is 4.56. The molecule has 1 heterocycles. The third kappa shape index (κ3) is 1.26. The van der Waals surface area contributed by atoms with Crippen LogP contribution in [0.25, 0.3) is 10.9 Å². The summed E-state index contributed by atoms with van der Waals surface area (Å²) in [5, 5.41) is 12.7. The summed E-state index contributed by atoms with van der Waals surface area (Å²) in [4.78, 5) is 3.07. The van der Waals surface area contributed by atoms with E-state index >= 15 is 0 Å². The molecule has 0 aliphatic heterocycles. The summed E-state index contributed by atoms with van der Waals surface area (Å²) in [6, 6.07) is 5.90. The second-order valence-corrected chi connectivity index (χ2v) is 3.45. The lowest BCUT2D eigenvalue weighted by Gasteiger charge is -1.98. The number of oxime groups is 1. The molecular formula is C10H9ClN2O. The van der Waals surface area contributed by atoms with E-state index in [0.717, 1.165) is 22.0 Å². The first kappa shape index (κ1) is 9.09. The molecule has 2 aromatic rings. The molecule has 0 unspecified atom stereocenters. The van der Waals surface area contributed by atoms with Crippen LogP contribution in [0.2, 0.25) is 0 Å². The van der Waals surface area contributed by atoms with E-state index in [1.807, 2.05) is 25.1 Å². The number of rotatable bonds is 1. The zero-order chi connectivity index (χ0) is 10.1. The van der Waals surface area contributed by atoms with Crippen molar-refractivity contribution in [2.24, 2.45) is 5.16 Å². The summed E-state index contributed by atoms with van der Waals surface area (Å²) < 4.78 is 0. The molecule has 0 aliphatic rings. The lowest BCUT2D eigenvalue weighted by atomic mass is 10.1. The van der Waals surface area contributed by atoms with Gasteiger partial charge in [0, 0.05) is 22.7 Å². The summed E-state index contributed by atoms with van der Waals surface area (Å²) in [7, 11) is 0. The largest absolute Gasteiger partial charge is 0.410 e. The zero-order valence-corrected chi connectivity index (χ0v) is 8.34. The molecular weight excluding hydrogens is 200 g/mol. The Morgan fingerprint density at radius 2 is 2.29 bits per heavy atom. The molecule has 3 nitrogen and oxygen atoms in total. The standard InChI is InChI=1S/C10H9ClN2O/c1-6-3-2-4-8-9(6)7(5-12-8)10(11)13-14/h2-5,12,14H,1H3. The fraction of sp³-hybridized carbons (Fsp3) is 0.100. The van der Waals surface area contributed by atoms with Crippen LogP contribution in [-0.4, -0.2) is 15.4 Å². The molecule has 0 saturated carbocycles. The SMILES string of the molecule is Cc1cccc2[nH]cc(C(Cl)=NO)c12. The van der Waals surface area contributed by atoms with Crippen LogP contribution in [0, 0.1) is 6.92 Å². The minimum atomic E-state index is 0.102. The number of nitrogens with one attached hydrogen (secondary N) is 1. The van der Waals surface area contributed by atoms with Crippen molar-refractivity contribution >= 4 is 27.7 Å². The molecule has 2 rings (SSSR count). The maximum Gasteiger partial charge on any atom is 0.177 e. The molecule has 0 saturated heterocycles. The first-order valence-electron chi connectivity index (χ1n) is 4.18. The summed E-state index contributed by atoms with van der Waals surface area (Å²) in [5.41, 5.74) is 2.81. The highest BCUT2D eigenvalue weighted by molar-refractivity contribution is 6.70. The lowest BCUT2D eigenvalue weighted by Crippen LogP contribution is -1.89. The molecule has 0 amide bonds.